The number of rotatable bonds is 5. The van der Waals surface area contributed by atoms with E-state index >= 15 is 0 Å². The predicted molar refractivity (Wildman–Crippen MR) is 94.3 cm³/mol. The summed E-state index contributed by atoms with van der Waals surface area (Å²) in [5.41, 5.74) is 2.19. The fourth-order valence-corrected chi connectivity index (χ4v) is 3.79. The van der Waals surface area contributed by atoms with E-state index in [1.165, 1.54) is 20.0 Å². The molecule has 0 spiro atoms. The minimum atomic E-state index is -3.25. The van der Waals surface area contributed by atoms with Gasteiger partial charge in [0.25, 0.3) is 5.91 Å². The largest absolute Gasteiger partial charge is 0.360 e. The van der Waals surface area contributed by atoms with Gasteiger partial charge in [0.05, 0.1) is 11.6 Å². The topological polar surface area (TPSA) is 77.1 Å². The second-order valence-electron chi connectivity index (χ2n) is 5.75. The molecule has 1 aromatic rings. The molecule has 8 heteroatoms. The number of carbonyl (C=O) groups is 1. The van der Waals surface area contributed by atoms with Gasteiger partial charge in [0.15, 0.2) is 0 Å². The van der Waals surface area contributed by atoms with Crippen LogP contribution in [0.2, 0.25) is 0 Å². The predicted octanol–water partition coefficient (Wildman–Crippen LogP) is 3.18. The third-order valence-electron chi connectivity index (χ3n) is 4.38. The molecule has 2 aliphatic rings. The minimum Gasteiger partial charge on any atom is -0.360 e. The molecule has 0 radical (unpaired) electrons. The van der Waals surface area contributed by atoms with Gasteiger partial charge in [-0.25, -0.2) is 0 Å². The molecule has 0 unspecified atom stereocenters. The molecule has 1 N–H and O–H groups in total. The van der Waals surface area contributed by atoms with Gasteiger partial charge in [-0.2, -0.15) is 0 Å². The molecule has 7 nitrogen and oxygen atoms in total. The molecular weight excluding hydrogens is 343 g/mol. The monoisotopic (exact) mass is 364 g/mol. The van der Waals surface area contributed by atoms with Crippen LogP contribution in [0.5, 0.6) is 0 Å². The van der Waals surface area contributed by atoms with Crippen LogP contribution in [-0.2, 0) is 18.3 Å². The third-order valence-corrected chi connectivity index (χ3v) is 5.91. The van der Waals surface area contributed by atoms with Crippen molar-refractivity contribution in [2.45, 2.75) is 18.7 Å². The normalized spacial score (nSPS) is 23.1. The van der Waals surface area contributed by atoms with E-state index < -0.39 is 7.60 Å². The maximum atomic E-state index is 12.9. The molecule has 2 atom stereocenters. The highest BCUT2D eigenvalue weighted by Crippen LogP contribution is 2.48. The van der Waals surface area contributed by atoms with Crippen LogP contribution in [-0.4, -0.2) is 44.4 Å². The second kappa shape index (κ2) is 7.14. The van der Waals surface area contributed by atoms with Crippen LogP contribution in [0.4, 0.5) is 5.69 Å². The lowest BCUT2D eigenvalue weighted by molar-refractivity contribution is 0.0479. The van der Waals surface area contributed by atoms with Crippen molar-refractivity contribution in [3.05, 3.63) is 53.5 Å². The minimum absolute atomic E-state index is 0.0993. The summed E-state index contributed by atoms with van der Waals surface area (Å²) in [6.07, 6.45) is 3.64. The molecule has 134 valence electrons. The molecule has 1 aromatic carbocycles. The zero-order valence-corrected chi connectivity index (χ0v) is 15.2. The molecule has 0 aliphatic carbocycles. The first-order valence-electron chi connectivity index (χ1n) is 7.83. The molecule has 25 heavy (non-hydrogen) atoms. The number of benzene rings is 1. The van der Waals surface area contributed by atoms with E-state index in [0.29, 0.717) is 12.0 Å². The number of amides is 1. The smallest absolute Gasteiger partial charge is 0.353 e. The Morgan fingerprint density at radius 1 is 1.24 bits per heavy atom. The zero-order valence-electron chi connectivity index (χ0n) is 14.3. The van der Waals surface area contributed by atoms with E-state index in [4.69, 9.17) is 13.8 Å². The standard InChI is InChI=1S/C17H21N2O5P/c1-22-16-15-10-12(8-9-25(21,23-2)24-3)11-19(15)17(20)13-6-4-5-7-14(13)18-16/h4-9,11,15-16,18H,10H2,1-3H3/b9-8+/t15-,16+/m0/s1. The Morgan fingerprint density at radius 2 is 1.96 bits per heavy atom. The Hall–Kier alpha value is -1.92. The van der Waals surface area contributed by atoms with Crippen molar-refractivity contribution < 1.29 is 23.1 Å². The Labute approximate surface area is 146 Å². The first-order valence-corrected chi connectivity index (χ1v) is 9.44. The summed E-state index contributed by atoms with van der Waals surface area (Å²) in [7, 11) is 1.02. The highest BCUT2D eigenvalue weighted by Gasteiger charge is 2.39. The van der Waals surface area contributed by atoms with Crippen LogP contribution in [0.1, 0.15) is 16.8 Å². The zero-order chi connectivity index (χ0) is 18.0. The van der Waals surface area contributed by atoms with E-state index in [0.717, 1.165) is 11.3 Å². The summed E-state index contributed by atoms with van der Waals surface area (Å²) < 4.78 is 27.5. The second-order valence-corrected chi connectivity index (χ2v) is 7.86. The lowest BCUT2D eigenvalue weighted by Gasteiger charge is -2.27. The van der Waals surface area contributed by atoms with Crippen molar-refractivity contribution in [1.29, 1.82) is 0 Å². The summed E-state index contributed by atoms with van der Waals surface area (Å²) in [5.74, 6) is 1.30. The van der Waals surface area contributed by atoms with Crippen LogP contribution < -0.4 is 5.32 Å². The SMILES string of the molecule is CO[C@H]1Nc2ccccc2C(=O)N2C=C(/C=C/P(=O)(OC)OC)C[C@@H]12. The number of hydrogen-bond acceptors (Lipinski definition) is 6. The van der Waals surface area contributed by atoms with Gasteiger partial charge in [0.2, 0.25) is 0 Å². The Bertz CT molecular complexity index is 768. The molecule has 0 aromatic heterocycles. The van der Waals surface area contributed by atoms with Crippen LogP contribution in [0.25, 0.3) is 0 Å². The first kappa shape index (κ1) is 17.9. The molecule has 3 rings (SSSR count). The molecule has 0 saturated carbocycles. The van der Waals surface area contributed by atoms with Gasteiger partial charge in [-0.05, 0) is 30.2 Å². The summed E-state index contributed by atoms with van der Waals surface area (Å²) in [4.78, 5) is 14.6. The van der Waals surface area contributed by atoms with Gasteiger partial charge in [-0.3, -0.25) is 9.36 Å². The average molecular weight is 364 g/mol. The fourth-order valence-electron chi connectivity index (χ4n) is 3.02. The van der Waals surface area contributed by atoms with Crippen molar-refractivity contribution in [3.8, 4) is 0 Å². The number of anilines is 1. The van der Waals surface area contributed by atoms with Gasteiger partial charge < -0.3 is 24.0 Å². The summed E-state index contributed by atoms with van der Waals surface area (Å²) in [6.45, 7) is 0. The Morgan fingerprint density at radius 3 is 2.64 bits per heavy atom. The molecular formula is C17H21N2O5P. The van der Waals surface area contributed by atoms with E-state index in [2.05, 4.69) is 5.32 Å². The highest BCUT2D eigenvalue weighted by atomic mass is 31.2. The molecule has 0 fully saturated rings. The van der Waals surface area contributed by atoms with Crippen LogP contribution in [0.15, 0.2) is 47.9 Å². The number of hydrogen-bond donors (Lipinski definition) is 1. The Kier molecular flexibility index (Phi) is 5.11. The summed E-state index contributed by atoms with van der Waals surface area (Å²) in [6, 6.07) is 7.15. The molecule has 2 aliphatic heterocycles. The molecule has 2 heterocycles. The quantitative estimate of drug-likeness (QED) is 0.809. The highest BCUT2D eigenvalue weighted by molar-refractivity contribution is 7.57. The number of para-hydroxylation sites is 1. The van der Waals surface area contributed by atoms with Gasteiger partial charge in [-0.1, -0.05) is 12.1 Å². The number of ether oxygens (including phenoxy) is 1. The Balaban J connectivity index is 1.92. The van der Waals surface area contributed by atoms with E-state index in [-0.39, 0.29) is 18.2 Å². The van der Waals surface area contributed by atoms with Crippen molar-refractivity contribution >= 4 is 19.2 Å². The van der Waals surface area contributed by atoms with E-state index in [9.17, 15) is 9.36 Å². The molecule has 0 saturated heterocycles. The van der Waals surface area contributed by atoms with Gasteiger partial charge in [-0.15, -0.1) is 0 Å². The average Bonchev–Trinajstić information content (AvgIpc) is 3.04. The van der Waals surface area contributed by atoms with Crippen LogP contribution in [0.3, 0.4) is 0 Å². The van der Waals surface area contributed by atoms with E-state index in [1.807, 2.05) is 18.2 Å². The summed E-state index contributed by atoms with van der Waals surface area (Å²) >= 11 is 0. The van der Waals surface area contributed by atoms with Crippen molar-refractivity contribution in [1.82, 2.24) is 4.90 Å². The number of nitrogens with one attached hydrogen (secondary N) is 1. The third kappa shape index (κ3) is 3.41. The fraction of sp³-hybridized carbons (Fsp3) is 0.353. The number of carbonyl (C=O) groups excluding carboxylic acids is 1. The van der Waals surface area contributed by atoms with Crippen molar-refractivity contribution in [2.24, 2.45) is 0 Å². The lowest BCUT2D eigenvalue weighted by atomic mass is 10.1. The lowest BCUT2D eigenvalue weighted by Crippen LogP contribution is -2.43. The maximum absolute atomic E-state index is 12.9. The van der Waals surface area contributed by atoms with Crippen LogP contribution >= 0.6 is 7.60 Å². The van der Waals surface area contributed by atoms with Crippen molar-refractivity contribution in [3.63, 3.8) is 0 Å². The van der Waals surface area contributed by atoms with E-state index in [1.54, 1.807) is 30.4 Å². The number of fused-ring (bicyclic) bond motifs is 2. The number of methoxy groups -OCH3 is 1. The van der Waals surface area contributed by atoms with Gasteiger partial charge in [0, 0.05) is 39.0 Å². The van der Waals surface area contributed by atoms with Gasteiger partial charge >= 0.3 is 7.60 Å². The first-order chi connectivity index (χ1) is 12.0. The number of allylic oxidation sites excluding steroid dienone is 1. The van der Waals surface area contributed by atoms with Gasteiger partial charge in [0.1, 0.15) is 6.23 Å². The summed E-state index contributed by atoms with van der Waals surface area (Å²) in [5, 5.41) is 3.28. The maximum Gasteiger partial charge on any atom is 0.353 e. The van der Waals surface area contributed by atoms with Crippen LogP contribution in [0, 0.1) is 0 Å². The number of nitrogens with zero attached hydrogens (tertiary/aromatic N) is 1. The van der Waals surface area contributed by atoms with Crippen molar-refractivity contribution in [2.75, 3.05) is 26.6 Å². The molecule has 0 bridgehead atoms. The molecule has 1 amide bonds.